The Hall–Kier alpha value is -0.260. The molecule has 0 saturated carbocycles. The minimum atomic E-state index is -3.64. The predicted octanol–water partition coefficient (Wildman–Crippen LogP) is 0.769. The fourth-order valence-electron chi connectivity index (χ4n) is 0.515. The van der Waals surface area contributed by atoms with Crippen molar-refractivity contribution in [3.8, 4) is 0 Å². The van der Waals surface area contributed by atoms with Gasteiger partial charge in [0.25, 0.3) is 9.05 Å². The van der Waals surface area contributed by atoms with Crippen molar-refractivity contribution in [2.45, 2.75) is 5.03 Å². The summed E-state index contributed by atoms with van der Waals surface area (Å²) in [5, 5.41) is -0.114. The highest BCUT2D eigenvalue weighted by molar-refractivity contribution is 8.13. The zero-order chi connectivity index (χ0) is 7.78. The molecule has 0 fully saturated rings. The van der Waals surface area contributed by atoms with Crippen molar-refractivity contribution in [2.75, 3.05) is 0 Å². The van der Waals surface area contributed by atoms with Crippen LogP contribution in [-0.4, -0.2) is 18.0 Å². The van der Waals surface area contributed by atoms with E-state index < -0.39 is 9.05 Å². The molecule has 0 bridgehead atoms. The Morgan fingerprint density at radius 3 is 2.36 bits per heavy atom. The molecular formula is C4H6Cl2N2O2S. The first-order valence-corrected chi connectivity index (χ1v) is 4.74. The zero-order valence-corrected chi connectivity index (χ0v) is 7.95. The van der Waals surface area contributed by atoms with Gasteiger partial charge in [0, 0.05) is 23.9 Å². The lowest BCUT2D eigenvalue weighted by molar-refractivity contribution is 0.606. The molecule has 1 rings (SSSR count). The van der Waals surface area contributed by atoms with E-state index >= 15 is 0 Å². The third-order valence-corrected chi connectivity index (χ3v) is 2.12. The second-order valence-electron chi connectivity index (χ2n) is 1.82. The van der Waals surface area contributed by atoms with Crippen LogP contribution in [0.3, 0.4) is 0 Å². The van der Waals surface area contributed by atoms with Crippen LogP contribution in [0.15, 0.2) is 17.6 Å². The second kappa shape index (κ2) is 3.42. The summed E-state index contributed by atoms with van der Waals surface area (Å²) in [4.78, 5) is 3.53. The molecule has 0 aliphatic heterocycles. The van der Waals surface area contributed by atoms with E-state index in [0.717, 1.165) is 0 Å². The van der Waals surface area contributed by atoms with E-state index in [9.17, 15) is 8.42 Å². The van der Waals surface area contributed by atoms with Gasteiger partial charge in [-0.1, -0.05) is 0 Å². The molecule has 1 aromatic heterocycles. The molecule has 0 aliphatic rings. The molecule has 0 amide bonds. The average Bonchev–Trinajstić information content (AvgIpc) is 2.11. The maximum atomic E-state index is 10.5. The highest BCUT2D eigenvalue weighted by atomic mass is 35.7. The number of halogens is 2. The first kappa shape index (κ1) is 10.7. The Balaban J connectivity index is 0.000001000. The third kappa shape index (κ3) is 2.69. The smallest absolute Gasteiger partial charge is 0.280 e. The van der Waals surface area contributed by atoms with Crippen molar-refractivity contribution >= 4 is 32.1 Å². The van der Waals surface area contributed by atoms with Crippen LogP contribution >= 0.6 is 23.1 Å². The van der Waals surface area contributed by atoms with E-state index in [0.29, 0.717) is 0 Å². The molecule has 4 nitrogen and oxygen atoms in total. The molecule has 1 heterocycles. The van der Waals surface area contributed by atoms with Gasteiger partial charge < -0.3 is 4.57 Å². The van der Waals surface area contributed by atoms with E-state index in [4.69, 9.17) is 10.7 Å². The topological polar surface area (TPSA) is 52.0 Å². The molecule has 0 unspecified atom stereocenters. The van der Waals surface area contributed by atoms with Crippen LogP contribution in [0, 0.1) is 0 Å². The Kier molecular flexibility index (Phi) is 3.34. The Morgan fingerprint density at radius 1 is 1.64 bits per heavy atom. The maximum Gasteiger partial charge on any atom is 0.280 e. The Bertz CT molecular complexity index is 332. The van der Waals surface area contributed by atoms with Crippen LogP contribution < -0.4 is 0 Å². The highest BCUT2D eigenvalue weighted by Gasteiger charge is 2.11. The standard InChI is InChI=1S/C4H5ClN2O2S.ClH/c1-7-2-4(6-3-7)10(5,8)9;/h2-3H,1H3;1H. The van der Waals surface area contributed by atoms with Gasteiger partial charge in [0.1, 0.15) is 0 Å². The molecule has 1 aromatic rings. The summed E-state index contributed by atoms with van der Waals surface area (Å²) in [7, 11) is 2.99. The zero-order valence-electron chi connectivity index (χ0n) is 5.56. The minimum Gasteiger partial charge on any atom is -0.339 e. The second-order valence-corrected chi connectivity index (χ2v) is 4.33. The van der Waals surface area contributed by atoms with E-state index in [2.05, 4.69) is 4.98 Å². The molecule has 64 valence electrons. The molecular weight excluding hydrogens is 211 g/mol. The Morgan fingerprint density at radius 2 is 2.18 bits per heavy atom. The molecule has 0 aliphatic carbocycles. The van der Waals surface area contributed by atoms with Crippen LogP contribution in [0.25, 0.3) is 0 Å². The molecule has 0 N–H and O–H groups in total. The summed E-state index contributed by atoms with van der Waals surface area (Å²) in [6.45, 7) is 0. The first-order valence-electron chi connectivity index (χ1n) is 2.43. The van der Waals surface area contributed by atoms with Crippen LogP contribution in [0.1, 0.15) is 0 Å². The number of imidazole rings is 1. The summed E-state index contributed by atoms with van der Waals surface area (Å²) in [6, 6.07) is 0. The quantitative estimate of drug-likeness (QED) is 0.653. The molecule has 11 heavy (non-hydrogen) atoms. The largest absolute Gasteiger partial charge is 0.339 e. The summed E-state index contributed by atoms with van der Waals surface area (Å²) in [5.74, 6) is 0. The number of hydrogen-bond donors (Lipinski definition) is 0. The van der Waals surface area contributed by atoms with Crippen LogP contribution in [0.4, 0.5) is 0 Å². The summed E-state index contributed by atoms with van der Waals surface area (Å²) in [6.07, 6.45) is 2.71. The third-order valence-electron chi connectivity index (χ3n) is 0.931. The minimum absolute atomic E-state index is 0. The van der Waals surface area contributed by atoms with Crippen molar-refractivity contribution in [3.05, 3.63) is 12.5 Å². The van der Waals surface area contributed by atoms with E-state index in [-0.39, 0.29) is 17.4 Å². The lowest BCUT2D eigenvalue weighted by atomic mass is 10.9. The van der Waals surface area contributed by atoms with Crippen molar-refractivity contribution in [1.82, 2.24) is 9.55 Å². The molecule has 0 spiro atoms. The molecule has 0 radical (unpaired) electrons. The van der Waals surface area contributed by atoms with Crippen LogP contribution in [0.5, 0.6) is 0 Å². The number of rotatable bonds is 1. The molecule has 7 heteroatoms. The lowest BCUT2D eigenvalue weighted by Gasteiger charge is -1.83. The average molecular weight is 217 g/mol. The number of aromatic nitrogens is 2. The van der Waals surface area contributed by atoms with Gasteiger partial charge in [-0.3, -0.25) is 0 Å². The van der Waals surface area contributed by atoms with Gasteiger partial charge in [-0.2, -0.15) is 0 Å². The number of hydrogen-bond acceptors (Lipinski definition) is 3. The summed E-state index contributed by atoms with van der Waals surface area (Å²) in [5.41, 5.74) is 0. The normalized spacial score (nSPS) is 10.7. The van der Waals surface area contributed by atoms with Gasteiger partial charge in [0.05, 0.1) is 6.33 Å². The fourth-order valence-corrected chi connectivity index (χ4v) is 1.22. The van der Waals surface area contributed by atoms with Gasteiger partial charge in [-0.25, -0.2) is 13.4 Å². The molecule has 0 saturated heterocycles. The molecule has 0 aromatic carbocycles. The first-order chi connectivity index (χ1) is 4.50. The van der Waals surface area contributed by atoms with Crippen LogP contribution in [0.2, 0.25) is 0 Å². The Labute approximate surface area is 75.0 Å². The lowest BCUT2D eigenvalue weighted by Crippen LogP contribution is -1.89. The predicted molar refractivity (Wildman–Crippen MR) is 43.5 cm³/mol. The van der Waals surface area contributed by atoms with Gasteiger partial charge in [0.2, 0.25) is 0 Å². The van der Waals surface area contributed by atoms with Gasteiger partial charge in [-0.05, 0) is 0 Å². The van der Waals surface area contributed by atoms with Crippen molar-refractivity contribution < 1.29 is 8.42 Å². The van der Waals surface area contributed by atoms with E-state index in [1.54, 1.807) is 7.05 Å². The van der Waals surface area contributed by atoms with Gasteiger partial charge in [0.15, 0.2) is 5.03 Å². The number of aryl methyl sites for hydroxylation is 1. The van der Waals surface area contributed by atoms with E-state index in [1.807, 2.05) is 0 Å². The van der Waals surface area contributed by atoms with Crippen LogP contribution in [-0.2, 0) is 16.1 Å². The summed E-state index contributed by atoms with van der Waals surface area (Å²) < 4.78 is 22.6. The monoisotopic (exact) mass is 216 g/mol. The van der Waals surface area contributed by atoms with Crippen molar-refractivity contribution in [1.29, 1.82) is 0 Å². The SMILES string of the molecule is Cl.Cn1cnc(S(=O)(=O)Cl)c1. The van der Waals surface area contributed by atoms with Gasteiger partial charge >= 0.3 is 0 Å². The van der Waals surface area contributed by atoms with Gasteiger partial charge in [-0.15, -0.1) is 12.4 Å². The number of nitrogens with zero attached hydrogens (tertiary/aromatic N) is 2. The highest BCUT2D eigenvalue weighted by Crippen LogP contribution is 2.09. The summed E-state index contributed by atoms with van der Waals surface area (Å²) >= 11 is 0. The van der Waals surface area contributed by atoms with E-state index in [1.165, 1.54) is 17.1 Å². The van der Waals surface area contributed by atoms with Crippen molar-refractivity contribution in [2.24, 2.45) is 7.05 Å². The van der Waals surface area contributed by atoms with Crippen molar-refractivity contribution in [3.63, 3.8) is 0 Å². The maximum absolute atomic E-state index is 10.5. The molecule has 0 atom stereocenters. The fraction of sp³-hybridized carbons (Fsp3) is 0.250.